The molecule has 0 spiro atoms. The molecular formula is C23H21N5O3S. The van der Waals surface area contributed by atoms with Crippen molar-refractivity contribution in [2.24, 2.45) is 0 Å². The summed E-state index contributed by atoms with van der Waals surface area (Å²) in [7, 11) is 0. The van der Waals surface area contributed by atoms with E-state index in [2.05, 4.69) is 40.6 Å². The molecular weight excluding hydrogens is 426 g/mol. The van der Waals surface area contributed by atoms with Crippen LogP contribution in [0.2, 0.25) is 0 Å². The summed E-state index contributed by atoms with van der Waals surface area (Å²) in [5.74, 6) is -0.304. The summed E-state index contributed by atoms with van der Waals surface area (Å²) in [6.45, 7) is 0. The quantitative estimate of drug-likeness (QED) is 0.382. The van der Waals surface area contributed by atoms with Crippen LogP contribution in [0.3, 0.4) is 0 Å². The van der Waals surface area contributed by atoms with E-state index in [4.69, 9.17) is 10.7 Å². The van der Waals surface area contributed by atoms with E-state index in [-0.39, 0.29) is 23.3 Å². The number of nitrogens with zero attached hydrogens (tertiary/aromatic N) is 1. The van der Waals surface area contributed by atoms with E-state index >= 15 is 0 Å². The van der Waals surface area contributed by atoms with Crippen LogP contribution in [0.15, 0.2) is 58.1 Å². The lowest BCUT2D eigenvalue weighted by molar-refractivity contribution is 0.0933. The highest BCUT2D eigenvalue weighted by atomic mass is 32.1. The largest absolute Gasteiger partial charge is 0.392 e. The van der Waals surface area contributed by atoms with E-state index in [9.17, 15) is 14.4 Å². The number of H-pyrrole nitrogens is 2. The fourth-order valence-corrected chi connectivity index (χ4v) is 5.35. The molecule has 9 heteroatoms. The van der Waals surface area contributed by atoms with Gasteiger partial charge in [-0.15, -0.1) is 11.3 Å². The van der Waals surface area contributed by atoms with Gasteiger partial charge in [0, 0.05) is 12.0 Å². The number of fused-ring (bicyclic) bond motifs is 1. The van der Waals surface area contributed by atoms with Crippen molar-refractivity contribution < 1.29 is 4.79 Å². The molecule has 2 aromatic carbocycles. The van der Waals surface area contributed by atoms with Gasteiger partial charge >= 0.3 is 5.69 Å². The van der Waals surface area contributed by atoms with Crippen LogP contribution in [-0.2, 0) is 0 Å². The number of carbonyl (C=O) groups excluding carboxylic acids is 1. The van der Waals surface area contributed by atoms with E-state index in [1.807, 2.05) is 23.2 Å². The molecule has 1 amide bonds. The second kappa shape index (κ2) is 8.08. The number of hydrogen-bond donors (Lipinski definition) is 4. The van der Waals surface area contributed by atoms with Crippen molar-refractivity contribution in [2.75, 3.05) is 5.73 Å². The minimum Gasteiger partial charge on any atom is -0.392 e. The zero-order valence-corrected chi connectivity index (χ0v) is 17.9. The monoisotopic (exact) mass is 447 g/mol. The SMILES string of the molecule is Nc1c(C(=O)NC2CCC(c3nc4ccc(-c5ccccc5)cc4s3)C2)[nH]c(=O)[nH]c1=O. The van der Waals surface area contributed by atoms with E-state index in [0.29, 0.717) is 0 Å². The summed E-state index contributed by atoms with van der Waals surface area (Å²) in [6.07, 6.45) is 2.43. The molecule has 2 unspecified atom stereocenters. The molecule has 2 heterocycles. The summed E-state index contributed by atoms with van der Waals surface area (Å²) in [6, 6.07) is 16.5. The Kier molecular flexibility index (Phi) is 5.10. The molecule has 5 rings (SSSR count). The lowest BCUT2D eigenvalue weighted by atomic mass is 10.1. The number of benzene rings is 2. The van der Waals surface area contributed by atoms with Gasteiger partial charge in [-0.05, 0) is 42.5 Å². The number of thiazole rings is 1. The standard InChI is InChI=1S/C23H21N5O3S/c24-18-19(27-23(31)28-20(18)29)21(30)25-15-8-6-14(10-15)22-26-16-9-7-13(11-17(16)32-22)12-4-2-1-3-5-12/h1-5,7,9,11,14-15H,6,8,10,24H2,(H,25,30)(H2,27,28,29,31). The van der Waals surface area contributed by atoms with Crippen LogP contribution >= 0.6 is 11.3 Å². The van der Waals surface area contributed by atoms with Crippen molar-refractivity contribution >= 4 is 33.1 Å². The molecule has 1 aliphatic rings. The van der Waals surface area contributed by atoms with Gasteiger partial charge in [-0.1, -0.05) is 36.4 Å². The molecule has 32 heavy (non-hydrogen) atoms. The van der Waals surface area contributed by atoms with Crippen LogP contribution < -0.4 is 22.3 Å². The Morgan fingerprint density at radius 1 is 1.06 bits per heavy atom. The number of nitrogens with one attached hydrogen (secondary N) is 3. The first kappa shape index (κ1) is 20.2. The smallest absolute Gasteiger partial charge is 0.326 e. The van der Waals surface area contributed by atoms with Crippen LogP contribution in [0.1, 0.15) is 40.7 Å². The predicted molar refractivity (Wildman–Crippen MR) is 125 cm³/mol. The minimum absolute atomic E-state index is 0.0819. The second-order valence-corrected chi connectivity index (χ2v) is 9.04. The van der Waals surface area contributed by atoms with Crippen LogP contribution in [0.5, 0.6) is 0 Å². The third-order valence-corrected chi connectivity index (χ3v) is 7.02. The van der Waals surface area contributed by atoms with Gasteiger partial charge in [0.15, 0.2) is 0 Å². The first-order valence-electron chi connectivity index (χ1n) is 10.4. The second-order valence-electron chi connectivity index (χ2n) is 7.98. The first-order chi connectivity index (χ1) is 15.5. The van der Waals surface area contributed by atoms with E-state index in [1.54, 1.807) is 11.3 Å². The Hall–Kier alpha value is -3.72. The fraction of sp³-hybridized carbons (Fsp3) is 0.217. The van der Waals surface area contributed by atoms with E-state index in [0.717, 1.165) is 40.1 Å². The number of nitrogen functional groups attached to an aromatic ring is 1. The molecule has 0 saturated heterocycles. The van der Waals surface area contributed by atoms with Gasteiger partial charge in [-0.3, -0.25) is 14.6 Å². The lowest BCUT2D eigenvalue weighted by Gasteiger charge is -2.13. The maximum Gasteiger partial charge on any atom is 0.326 e. The molecule has 1 saturated carbocycles. The zero-order valence-electron chi connectivity index (χ0n) is 17.1. The first-order valence-corrected chi connectivity index (χ1v) is 11.2. The van der Waals surface area contributed by atoms with Gasteiger partial charge in [-0.25, -0.2) is 9.78 Å². The normalized spacial score (nSPS) is 18.1. The number of rotatable bonds is 4. The third-order valence-electron chi connectivity index (χ3n) is 5.84. The molecule has 0 radical (unpaired) electrons. The molecule has 5 N–H and O–H groups in total. The van der Waals surface area contributed by atoms with Crippen molar-refractivity contribution in [3.05, 3.63) is 80.1 Å². The highest BCUT2D eigenvalue weighted by Gasteiger charge is 2.30. The summed E-state index contributed by atoms with van der Waals surface area (Å²) < 4.78 is 1.14. The molecule has 8 nitrogen and oxygen atoms in total. The molecule has 1 aliphatic carbocycles. The number of hydrogen-bond acceptors (Lipinski definition) is 6. The average Bonchev–Trinajstić information content (AvgIpc) is 3.43. The number of carbonyl (C=O) groups is 1. The summed E-state index contributed by atoms with van der Waals surface area (Å²) in [4.78, 5) is 44.8. The zero-order chi connectivity index (χ0) is 22.2. The maximum absolute atomic E-state index is 12.6. The third kappa shape index (κ3) is 3.82. The number of nitrogens with two attached hydrogens (primary N) is 1. The van der Waals surface area contributed by atoms with Crippen molar-refractivity contribution in [1.29, 1.82) is 0 Å². The fourth-order valence-electron chi connectivity index (χ4n) is 4.20. The maximum atomic E-state index is 12.6. The van der Waals surface area contributed by atoms with Crippen LogP contribution in [0.4, 0.5) is 5.69 Å². The Morgan fingerprint density at radius 2 is 1.88 bits per heavy atom. The van der Waals surface area contributed by atoms with Crippen LogP contribution in [-0.4, -0.2) is 26.9 Å². The Bertz CT molecular complexity index is 1420. The van der Waals surface area contributed by atoms with E-state index < -0.39 is 17.2 Å². The Balaban J connectivity index is 1.31. The highest BCUT2D eigenvalue weighted by molar-refractivity contribution is 7.18. The van der Waals surface area contributed by atoms with Gasteiger partial charge < -0.3 is 16.0 Å². The van der Waals surface area contributed by atoms with Crippen LogP contribution in [0.25, 0.3) is 21.3 Å². The molecule has 0 aliphatic heterocycles. The molecule has 2 atom stereocenters. The number of aromatic amines is 2. The molecule has 162 valence electrons. The number of anilines is 1. The summed E-state index contributed by atoms with van der Waals surface area (Å²) >= 11 is 1.69. The molecule has 2 aromatic heterocycles. The predicted octanol–water partition coefficient (Wildman–Crippen LogP) is 2.99. The number of aromatic nitrogens is 3. The summed E-state index contributed by atoms with van der Waals surface area (Å²) in [5, 5.41) is 3.95. The van der Waals surface area contributed by atoms with Gasteiger partial charge in [0.2, 0.25) is 0 Å². The molecule has 4 aromatic rings. The van der Waals surface area contributed by atoms with Crippen molar-refractivity contribution in [1.82, 2.24) is 20.3 Å². The Morgan fingerprint density at radius 3 is 2.69 bits per heavy atom. The molecule has 1 fully saturated rings. The Labute approximate surface area is 186 Å². The average molecular weight is 448 g/mol. The van der Waals surface area contributed by atoms with Crippen molar-refractivity contribution in [3.63, 3.8) is 0 Å². The summed E-state index contributed by atoms with van der Waals surface area (Å²) in [5.41, 5.74) is 6.94. The van der Waals surface area contributed by atoms with Crippen LogP contribution in [0, 0.1) is 0 Å². The highest BCUT2D eigenvalue weighted by Crippen LogP contribution is 2.39. The van der Waals surface area contributed by atoms with Crippen molar-refractivity contribution in [3.8, 4) is 11.1 Å². The number of amides is 1. The lowest BCUT2D eigenvalue weighted by Crippen LogP contribution is -2.37. The molecule has 0 bridgehead atoms. The van der Waals surface area contributed by atoms with Crippen molar-refractivity contribution in [2.45, 2.75) is 31.2 Å². The van der Waals surface area contributed by atoms with E-state index in [1.165, 1.54) is 5.56 Å². The van der Waals surface area contributed by atoms with Gasteiger partial charge in [0.1, 0.15) is 11.4 Å². The van der Waals surface area contributed by atoms with Gasteiger partial charge in [0.25, 0.3) is 11.5 Å². The topological polar surface area (TPSA) is 134 Å². The minimum atomic E-state index is -0.771. The van der Waals surface area contributed by atoms with Gasteiger partial charge in [0.05, 0.1) is 15.2 Å². The van der Waals surface area contributed by atoms with Gasteiger partial charge in [-0.2, -0.15) is 0 Å².